The summed E-state index contributed by atoms with van der Waals surface area (Å²) in [7, 11) is -3.11. The molecule has 0 saturated carbocycles. The largest absolute Gasteiger partial charge is 0.394 e. The van der Waals surface area contributed by atoms with Crippen molar-refractivity contribution in [2.24, 2.45) is 0 Å². The van der Waals surface area contributed by atoms with Gasteiger partial charge >= 0.3 is 0 Å². The Labute approximate surface area is 106 Å². The van der Waals surface area contributed by atoms with E-state index in [1.807, 2.05) is 0 Å². The number of hydrogen-bond donors (Lipinski definition) is 1. The van der Waals surface area contributed by atoms with Gasteiger partial charge in [-0.15, -0.1) is 11.8 Å². The summed E-state index contributed by atoms with van der Waals surface area (Å²) in [5.41, 5.74) is 0. The Morgan fingerprint density at radius 2 is 1.88 bits per heavy atom. The van der Waals surface area contributed by atoms with Gasteiger partial charge in [0.05, 0.1) is 24.7 Å². The Hall–Kier alpha value is -0.560. The van der Waals surface area contributed by atoms with E-state index >= 15 is 0 Å². The van der Waals surface area contributed by atoms with Gasteiger partial charge in [0.1, 0.15) is 0 Å². The second-order valence-corrected chi connectivity index (χ2v) is 6.61. The van der Waals surface area contributed by atoms with Crippen LogP contribution in [-0.4, -0.2) is 45.4 Å². The average molecular weight is 276 g/mol. The van der Waals surface area contributed by atoms with Gasteiger partial charge < -0.3 is 9.84 Å². The number of sulfone groups is 1. The highest BCUT2D eigenvalue weighted by atomic mass is 32.2. The first-order valence-corrected chi connectivity index (χ1v) is 8.03. The molecule has 0 aliphatic carbocycles. The molecule has 0 aliphatic rings. The maximum Gasteiger partial charge on any atom is 0.175 e. The van der Waals surface area contributed by atoms with Crippen LogP contribution in [0.4, 0.5) is 0 Å². The van der Waals surface area contributed by atoms with Crippen LogP contribution >= 0.6 is 11.8 Å². The monoisotopic (exact) mass is 276 g/mol. The van der Waals surface area contributed by atoms with Crippen LogP contribution in [-0.2, 0) is 14.6 Å². The molecule has 0 amide bonds. The topological polar surface area (TPSA) is 63.6 Å². The second kappa shape index (κ2) is 7.00. The standard InChI is InChI=1S/C11H16O4S2/c1-17(13,14)11-4-2-10(3-5-11)16-9-8-15-7-6-12/h2-5,12H,6-9H2,1H3. The maximum atomic E-state index is 11.2. The average Bonchev–Trinajstić information content (AvgIpc) is 2.28. The van der Waals surface area contributed by atoms with Crippen molar-refractivity contribution in [2.45, 2.75) is 9.79 Å². The predicted molar refractivity (Wildman–Crippen MR) is 68.2 cm³/mol. The molecule has 1 aromatic carbocycles. The van der Waals surface area contributed by atoms with Crippen LogP contribution < -0.4 is 0 Å². The lowest BCUT2D eigenvalue weighted by Gasteiger charge is -2.03. The Morgan fingerprint density at radius 3 is 2.41 bits per heavy atom. The van der Waals surface area contributed by atoms with E-state index in [4.69, 9.17) is 9.84 Å². The molecule has 1 aromatic rings. The van der Waals surface area contributed by atoms with Crippen LogP contribution in [0, 0.1) is 0 Å². The van der Waals surface area contributed by atoms with E-state index in [1.165, 1.54) is 6.26 Å². The van der Waals surface area contributed by atoms with Crippen molar-refractivity contribution in [3.63, 3.8) is 0 Å². The van der Waals surface area contributed by atoms with Gasteiger partial charge in [0.25, 0.3) is 0 Å². The third kappa shape index (κ3) is 5.54. The van der Waals surface area contributed by atoms with Gasteiger partial charge in [-0.25, -0.2) is 8.42 Å². The fourth-order valence-corrected chi connectivity index (χ4v) is 2.56. The third-order valence-electron chi connectivity index (χ3n) is 1.98. The van der Waals surface area contributed by atoms with Crippen LogP contribution in [0.2, 0.25) is 0 Å². The number of rotatable bonds is 7. The fraction of sp³-hybridized carbons (Fsp3) is 0.455. The van der Waals surface area contributed by atoms with Crippen LogP contribution in [0.25, 0.3) is 0 Å². The number of hydrogen-bond acceptors (Lipinski definition) is 5. The van der Waals surface area contributed by atoms with Gasteiger partial charge in [0, 0.05) is 16.9 Å². The third-order valence-corrected chi connectivity index (χ3v) is 4.09. The summed E-state index contributed by atoms with van der Waals surface area (Å²) in [6.45, 7) is 0.959. The van der Waals surface area contributed by atoms with Crippen molar-refractivity contribution < 1.29 is 18.3 Å². The van der Waals surface area contributed by atoms with E-state index in [-0.39, 0.29) is 6.61 Å². The molecule has 0 saturated heterocycles. The van der Waals surface area contributed by atoms with Crippen molar-refractivity contribution in [1.29, 1.82) is 0 Å². The Kier molecular flexibility index (Phi) is 5.97. The predicted octanol–water partition coefficient (Wildman–Crippen LogP) is 1.19. The van der Waals surface area contributed by atoms with E-state index in [2.05, 4.69) is 0 Å². The summed E-state index contributed by atoms with van der Waals surface area (Å²) in [5, 5.41) is 8.50. The molecule has 0 atom stereocenters. The first-order valence-electron chi connectivity index (χ1n) is 5.15. The molecule has 96 valence electrons. The van der Waals surface area contributed by atoms with Crippen molar-refractivity contribution in [2.75, 3.05) is 31.8 Å². The molecule has 0 radical (unpaired) electrons. The minimum atomic E-state index is -3.11. The number of thioether (sulfide) groups is 1. The van der Waals surface area contributed by atoms with E-state index < -0.39 is 9.84 Å². The summed E-state index contributed by atoms with van der Waals surface area (Å²) in [5.74, 6) is 0.776. The number of aliphatic hydroxyl groups excluding tert-OH is 1. The summed E-state index contributed by atoms with van der Waals surface area (Å²) < 4.78 is 27.6. The molecule has 6 heteroatoms. The molecule has 0 unspecified atom stereocenters. The lowest BCUT2D eigenvalue weighted by Crippen LogP contribution is -2.02. The number of ether oxygens (including phenoxy) is 1. The fourth-order valence-electron chi connectivity index (χ4n) is 1.17. The van der Waals surface area contributed by atoms with E-state index in [0.29, 0.717) is 18.1 Å². The SMILES string of the molecule is CS(=O)(=O)c1ccc(SCCOCCO)cc1. The van der Waals surface area contributed by atoms with E-state index in [1.54, 1.807) is 36.0 Å². The molecule has 17 heavy (non-hydrogen) atoms. The minimum Gasteiger partial charge on any atom is -0.394 e. The first kappa shape index (κ1) is 14.5. The van der Waals surface area contributed by atoms with E-state index in [9.17, 15) is 8.42 Å². The lowest BCUT2D eigenvalue weighted by molar-refractivity contribution is 0.103. The highest BCUT2D eigenvalue weighted by molar-refractivity contribution is 7.99. The van der Waals surface area contributed by atoms with Gasteiger partial charge in [-0.1, -0.05) is 0 Å². The molecule has 0 fully saturated rings. The molecular formula is C11H16O4S2. The minimum absolute atomic E-state index is 0.0354. The zero-order valence-corrected chi connectivity index (χ0v) is 11.3. The molecule has 0 aromatic heterocycles. The Balaban J connectivity index is 2.41. The van der Waals surface area contributed by atoms with Gasteiger partial charge in [-0.2, -0.15) is 0 Å². The molecule has 0 aliphatic heterocycles. The molecule has 0 bridgehead atoms. The smallest absolute Gasteiger partial charge is 0.175 e. The van der Waals surface area contributed by atoms with Crippen LogP contribution in [0.5, 0.6) is 0 Å². The van der Waals surface area contributed by atoms with Crippen molar-refractivity contribution >= 4 is 21.6 Å². The summed E-state index contributed by atoms with van der Waals surface area (Å²) >= 11 is 1.59. The Morgan fingerprint density at radius 1 is 1.24 bits per heavy atom. The van der Waals surface area contributed by atoms with Crippen molar-refractivity contribution in [1.82, 2.24) is 0 Å². The normalized spacial score (nSPS) is 11.6. The molecular weight excluding hydrogens is 260 g/mol. The maximum absolute atomic E-state index is 11.2. The van der Waals surface area contributed by atoms with Crippen LogP contribution in [0.1, 0.15) is 0 Å². The molecule has 1 N–H and O–H groups in total. The molecule has 4 nitrogen and oxygen atoms in total. The second-order valence-electron chi connectivity index (χ2n) is 3.43. The molecule has 1 rings (SSSR count). The number of aliphatic hydroxyl groups is 1. The van der Waals surface area contributed by atoms with Crippen LogP contribution in [0.3, 0.4) is 0 Å². The number of benzene rings is 1. The first-order chi connectivity index (χ1) is 8.04. The lowest BCUT2D eigenvalue weighted by atomic mass is 10.4. The van der Waals surface area contributed by atoms with Crippen molar-refractivity contribution in [3.8, 4) is 0 Å². The highest BCUT2D eigenvalue weighted by Gasteiger charge is 2.05. The van der Waals surface area contributed by atoms with Gasteiger partial charge in [0.2, 0.25) is 0 Å². The zero-order chi connectivity index (χ0) is 12.7. The molecule has 0 spiro atoms. The van der Waals surface area contributed by atoms with E-state index in [0.717, 1.165) is 10.6 Å². The Bertz CT molecular complexity index is 425. The van der Waals surface area contributed by atoms with Gasteiger partial charge in [0.15, 0.2) is 9.84 Å². The summed E-state index contributed by atoms with van der Waals surface area (Å²) in [6, 6.07) is 6.78. The van der Waals surface area contributed by atoms with Gasteiger partial charge in [-0.3, -0.25) is 0 Å². The summed E-state index contributed by atoms with van der Waals surface area (Å²) in [4.78, 5) is 1.34. The van der Waals surface area contributed by atoms with Crippen LogP contribution in [0.15, 0.2) is 34.1 Å². The van der Waals surface area contributed by atoms with Gasteiger partial charge in [-0.05, 0) is 24.3 Å². The molecule has 0 heterocycles. The zero-order valence-electron chi connectivity index (χ0n) is 9.63. The highest BCUT2D eigenvalue weighted by Crippen LogP contribution is 2.19. The summed E-state index contributed by atoms with van der Waals surface area (Å²) in [6.07, 6.45) is 1.19. The van der Waals surface area contributed by atoms with Crippen molar-refractivity contribution in [3.05, 3.63) is 24.3 Å². The quantitative estimate of drug-likeness (QED) is 0.599.